The predicted molar refractivity (Wildman–Crippen MR) is 120 cm³/mol. The minimum Gasteiger partial charge on any atom is -0.353 e. The van der Waals surface area contributed by atoms with E-state index in [1.165, 1.54) is 19.3 Å². The van der Waals surface area contributed by atoms with Gasteiger partial charge in [-0.2, -0.15) is 0 Å². The van der Waals surface area contributed by atoms with Crippen molar-refractivity contribution in [3.63, 3.8) is 0 Å². The summed E-state index contributed by atoms with van der Waals surface area (Å²) in [6, 6.07) is 0.276. The van der Waals surface area contributed by atoms with Gasteiger partial charge in [-0.3, -0.25) is 14.5 Å². The van der Waals surface area contributed by atoms with Gasteiger partial charge >= 0.3 is 0 Å². The molecule has 0 spiro atoms. The molecule has 31 heavy (non-hydrogen) atoms. The molecule has 7 nitrogen and oxygen atoms in total. The highest BCUT2D eigenvalue weighted by Crippen LogP contribution is 2.30. The van der Waals surface area contributed by atoms with E-state index in [4.69, 9.17) is 0 Å². The van der Waals surface area contributed by atoms with Crippen molar-refractivity contribution in [1.29, 1.82) is 0 Å². The third kappa shape index (κ3) is 6.01. The van der Waals surface area contributed by atoms with Gasteiger partial charge in [0.2, 0.25) is 11.8 Å². The summed E-state index contributed by atoms with van der Waals surface area (Å²) in [6.45, 7) is 1.99. The van der Waals surface area contributed by atoms with Gasteiger partial charge in [-0.05, 0) is 44.9 Å². The Bertz CT molecular complexity index is 736. The van der Waals surface area contributed by atoms with Crippen LogP contribution in [0.2, 0.25) is 0 Å². The van der Waals surface area contributed by atoms with E-state index in [1.54, 1.807) is 0 Å². The van der Waals surface area contributed by atoms with Crippen LogP contribution in [0.25, 0.3) is 0 Å². The van der Waals surface area contributed by atoms with Crippen LogP contribution in [-0.4, -0.2) is 79.3 Å². The summed E-state index contributed by atoms with van der Waals surface area (Å²) >= 11 is 0. The SMILES string of the molecule is O=C(NC1CCN(CC(=O)N(C2CCCC2)C2CCS(=O)(=O)C2)CC1)C1CCCCC1. The van der Waals surface area contributed by atoms with E-state index < -0.39 is 9.84 Å². The molecule has 0 radical (unpaired) electrons. The number of carbonyl (C=O) groups is 2. The summed E-state index contributed by atoms with van der Waals surface area (Å²) < 4.78 is 24.1. The van der Waals surface area contributed by atoms with Crippen molar-refractivity contribution in [1.82, 2.24) is 15.1 Å². The minimum absolute atomic E-state index is 0.0960. The molecule has 2 saturated carbocycles. The Labute approximate surface area is 187 Å². The maximum atomic E-state index is 13.3. The largest absolute Gasteiger partial charge is 0.353 e. The molecule has 2 aliphatic carbocycles. The van der Waals surface area contributed by atoms with Crippen LogP contribution in [0.5, 0.6) is 0 Å². The van der Waals surface area contributed by atoms with E-state index in [-0.39, 0.29) is 47.4 Å². The molecule has 176 valence electrons. The van der Waals surface area contributed by atoms with Gasteiger partial charge < -0.3 is 10.2 Å². The van der Waals surface area contributed by atoms with Crippen molar-refractivity contribution >= 4 is 21.7 Å². The third-order valence-corrected chi connectivity index (χ3v) is 9.63. The number of nitrogens with one attached hydrogen (secondary N) is 1. The Morgan fingerprint density at radius 3 is 2.10 bits per heavy atom. The summed E-state index contributed by atoms with van der Waals surface area (Å²) in [5, 5.41) is 3.26. The smallest absolute Gasteiger partial charge is 0.237 e. The van der Waals surface area contributed by atoms with Crippen molar-refractivity contribution in [2.75, 3.05) is 31.1 Å². The van der Waals surface area contributed by atoms with E-state index in [0.717, 1.165) is 64.5 Å². The van der Waals surface area contributed by atoms with E-state index >= 15 is 0 Å². The van der Waals surface area contributed by atoms with Crippen molar-refractivity contribution < 1.29 is 18.0 Å². The number of piperidine rings is 1. The Morgan fingerprint density at radius 2 is 1.48 bits per heavy atom. The number of nitrogens with zero attached hydrogens (tertiary/aromatic N) is 2. The highest BCUT2D eigenvalue weighted by molar-refractivity contribution is 7.91. The standard InChI is InChI=1S/C23H39N3O4S/c27-22(26(20-8-4-5-9-20)21-12-15-31(29,30)17-21)16-25-13-10-19(11-14-25)24-23(28)18-6-2-1-3-7-18/h18-21H,1-17H2,(H,24,28). The zero-order valence-corrected chi connectivity index (χ0v) is 19.6. The third-order valence-electron chi connectivity index (χ3n) is 7.88. The number of carbonyl (C=O) groups excluding carboxylic acids is 2. The Balaban J connectivity index is 1.27. The lowest BCUT2D eigenvalue weighted by atomic mass is 9.88. The maximum absolute atomic E-state index is 13.3. The minimum atomic E-state index is -3.01. The number of sulfone groups is 1. The molecular formula is C23H39N3O4S. The van der Waals surface area contributed by atoms with Crippen molar-refractivity contribution in [2.24, 2.45) is 5.92 Å². The predicted octanol–water partition coefficient (Wildman–Crippen LogP) is 2.11. The van der Waals surface area contributed by atoms with Crippen molar-refractivity contribution in [3.8, 4) is 0 Å². The Kier molecular flexibility index (Phi) is 7.57. The molecule has 4 rings (SSSR count). The van der Waals surface area contributed by atoms with E-state index in [1.807, 2.05) is 4.90 Å². The van der Waals surface area contributed by atoms with Crippen LogP contribution in [0.15, 0.2) is 0 Å². The molecule has 0 aromatic carbocycles. The number of rotatable bonds is 6. The van der Waals surface area contributed by atoms with Gasteiger partial charge in [0.15, 0.2) is 9.84 Å². The molecule has 1 atom stereocenters. The van der Waals surface area contributed by atoms with Crippen molar-refractivity contribution in [3.05, 3.63) is 0 Å². The fourth-order valence-corrected chi connectivity index (χ4v) is 7.79. The number of likely N-dealkylation sites (tertiary alicyclic amines) is 1. The highest BCUT2D eigenvalue weighted by atomic mass is 32.2. The molecule has 1 unspecified atom stereocenters. The molecule has 2 heterocycles. The average molecular weight is 454 g/mol. The zero-order chi connectivity index (χ0) is 21.8. The normalized spacial score (nSPS) is 28.6. The van der Waals surface area contributed by atoms with Gasteiger partial charge in [-0.15, -0.1) is 0 Å². The van der Waals surface area contributed by atoms with Gasteiger partial charge in [0, 0.05) is 37.1 Å². The molecule has 4 fully saturated rings. The van der Waals surface area contributed by atoms with Gasteiger partial charge in [0.1, 0.15) is 0 Å². The van der Waals surface area contributed by atoms with Crippen LogP contribution in [0.3, 0.4) is 0 Å². The number of amides is 2. The number of hydrogen-bond acceptors (Lipinski definition) is 5. The van der Waals surface area contributed by atoms with Crippen LogP contribution in [-0.2, 0) is 19.4 Å². The fraction of sp³-hybridized carbons (Fsp3) is 0.913. The maximum Gasteiger partial charge on any atom is 0.237 e. The molecule has 0 bridgehead atoms. The lowest BCUT2D eigenvalue weighted by molar-refractivity contribution is -0.137. The van der Waals surface area contributed by atoms with Crippen LogP contribution in [0.1, 0.15) is 77.0 Å². The topological polar surface area (TPSA) is 86.8 Å². The summed E-state index contributed by atoms with van der Waals surface area (Å²) in [6.07, 6.45) is 12.2. The number of hydrogen-bond donors (Lipinski definition) is 1. The summed E-state index contributed by atoms with van der Waals surface area (Å²) in [5.74, 6) is 0.851. The Hall–Kier alpha value is -1.15. The van der Waals surface area contributed by atoms with Crippen LogP contribution >= 0.6 is 0 Å². The first kappa shape index (κ1) is 23.0. The molecule has 1 N–H and O–H groups in total. The fourth-order valence-electron chi connectivity index (χ4n) is 6.07. The lowest BCUT2D eigenvalue weighted by Gasteiger charge is -2.38. The second-order valence-electron chi connectivity index (χ2n) is 10.2. The van der Waals surface area contributed by atoms with Crippen molar-refractivity contribution in [2.45, 2.75) is 95.2 Å². The molecule has 0 aromatic rings. The first-order chi connectivity index (χ1) is 14.9. The molecule has 0 aromatic heterocycles. The molecule has 4 aliphatic rings. The van der Waals surface area contributed by atoms with Gasteiger partial charge in [-0.25, -0.2) is 8.42 Å². The second kappa shape index (κ2) is 10.2. The molecule has 2 amide bonds. The molecule has 2 aliphatic heterocycles. The zero-order valence-electron chi connectivity index (χ0n) is 18.8. The van der Waals surface area contributed by atoms with E-state index in [9.17, 15) is 18.0 Å². The van der Waals surface area contributed by atoms with Gasteiger partial charge in [-0.1, -0.05) is 32.1 Å². The van der Waals surface area contributed by atoms with E-state index in [0.29, 0.717) is 13.0 Å². The quantitative estimate of drug-likeness (QED) is 0.666. The Morgan fingerprint density at radius 1 is 0.839 bits per heavy atom. The van der Waals surface area contributed by atoms with Crippen LogP contribution in [0, 0.1) is 5.92 Å². The van der Waals surface area contributed by atoms with Crippen LogP contribution in [0.4, 0.5) is 0 Å². The summed E-state index contributed by atoms with van der Waals surface area (Å²) in [7, 11) is -3.01. The molecular weight excluding hydrogens is 414 g/mol. The molecule has 2 saturated heterocycles. The summed E-state index contributed by atoms with van der Waals surface area (Å²) in [4.78, 5) is 30.0. The first-order valence-electron chi connectivity index (χ1n) is 12.5. The molecule has 8 heteroatoms. The lowest BCUT2D eigenvalue weighted by Crippen LogP contribution is -2.53. The first-order valence-corrected chi connectivity index (χ1v) is 14.3. The average Bonchev–Trinajstić information content (AvgIpc) is 3.40. The van der Waals surface area contributed by atoms with Crippen LogP contribution < -0.4 is 5.32 Å². The van der Waals surface area contributed by atoms with Gasteiger partial charge in [0.05, 0.1) is 18.1 Å². The monoisotopic (exact) mass is 453 g/mol. The summed E-state index contributed by atoms with van der Waals surface area (Å²) in [5.41, 5.74) is 0. The highest BCUT2D eigenvalue weighted by Gasteiger charge is 2.39. The van der Waals surface area contributed by atoms with E-state index in [2.05, 4.69) is 10.2 Å². The second-order valence-corrected chi connectivity index (χ2v) is 12.4. The van der Waals surface area contributed by atoms with Gasteiger partial charge in [0.25, 0.3) is 0 Å².